The van der Waals surface area contributed by atoms with E-state index in [-0.39, 0.29) is 5.82 Å². The number of H-pyrrole nitrogens is 1. The van der Waals surface area contributed by atoms with Crippen molar-refractivity contribution in [2.75, 3.05) is 5.73 Å². The molecule has 1 heterocycles. The lowest BCUT2D eigenvalue weighted by molar-refractivity contribution is 0.628. The average Bonchev–Trinajstić information content (AvgIpc) is 2.89. The van der Waals surface area contributed by atoms with E-state index in [2.05, 4.69) is 10.2 Å². The number of halogens is 1. The maximum absolute atomic E-state index is 12.9. The van der Waals surface area contributed by atoms with Crippen LogP contribution in [0.2, 0.25) is 0 Å². The van der Waals surface area contributed by atoms with Crippen molar-refractivity contribution in [1.82, 2.24) is 10.2 Å². The summed E-state index contributed by atoms with van der Waals surface area (Å²) >= 11 is 0. The van der Waals surface area contributed by atoms with Gasteiger partial charge in [-0.1, -0.05) is 12.1 Å². The van der Waals surface area contributed by atoms with Crippen LogP contribution in [0.4, 0.5) is 10.1 Å². The summed E-state index contributed by atoms with van der Waals surface area (Å²) in [6.07, 6.45) is 0. The van der Waals surface area contributed by atoms with Gasteiger partial charge in [0.2, 0.25) is 0 Å². The van der Waals surface area contributed by atoms with Gasteiger partial charge >= 0.3 is 0 Å². The number of nitrogens with two attached hydrogens (primary N) is 1. The van der Waals surface area contributed by atoms with Crippen molar-refractivity contribution >= 4 is 5.69 Å². The maximum atomic E-state index is 12.9. The quantitative estimate of drug-likeness (QED) is 0.687. The SMILES string of the molecule is Nc1cccc(-c2cc(-c3ccc(F)cc3)[nH]n2)c1. The van der Waals surface area contributed by atoms with Gasteiger partial charge in [-0.25, -0.2) is 4.39 Å². The van der Waals surface area contributed by atoms with Gasteiger partial charge in [-0.05, 0) is 48.0 Å². The first-order valence-corrected chi connectivity index (χ1v) is 5.89. The number of aromatic amines is 1. The van der Waals surface area contributed by atoms with Gasteiger partial charge in [0, 0.05) is 11.3 Å². The van der Waals surface area contributed by atoms with Crippen molar-refractivity contribution in [3.8, 4) is 22.5 Å². The van der Waals surface area contributed by atoms with E-state index in [1.165, 1.54) is 12.1 Å². The summed E-state index contributed by atoms with van der Waals surface area (Å²) in [6, 6.07) is 15.7. The topological polar surface area (TPSA) is 54.7 Å². The number of aromatic nitrogens is 2. The predicted molar refractivity (Wildman–Crippen MR) is 73.8 cm³/mol. The van der Waals surface area contributed by atoms with Crippen LogP contribution in [-0.2, 0) is 0 Å². The van der Waals surface area contributed by atoms with Crippen LogP contribution in [0.25, 0.3) is 22.5 Å². The summed E-state index contributed by atoms with van der Waals surface area (Å²) in [7, 11) is 0. The number of benzene rings is 2. The Labute approximate surface area is 109 Å². The lowest BCUT2D eigenvalue weighted by atomic mass is 10.1. The molecule has 0 atom stereocenters. The molecule has 3 N–H and O–H groups in total. The molecule has 0 amide bonds. The van der Waals surface area contributed by atoms with E-state index < -0.39 is 0 Å². The van der Waals surface area contributed by atoms with Crippen LogP contribution in [-0.4, -0.2) is 10.2 Å². The van der Waals surface area contributed by atoms with E-state index in [0.29, 0.717) is 5.69 Å². The van der Waals surface area contributed by atoms with Crippen molar-refractivity contribution < 1.29 is 4.39 Å². The summed E-state index contributed by atoms with van der Waals surface area (Å²) in [5, 5.41) is 7.20. The van der Waals surface area contributed by atoms with E-state index in [9.17, 15) is 4.39 Å². The number of anilines is 1. The Morgan fingerprint density at radius 2 is 1.74 bits per heavy atom. The van der Waals surface area contributed by atoms with E-state index in [0.717, 1.165) is 22.5 Å². The second-order valence-electron chi connectivity index (χ2n) is 4.30. The number of rotatable bonds is 2. The van der Waals surface area contributed by atoms with E-state index in [1.807, 2.05) is 30.3 Å². The van der Waals surface area contributed by atoms with Gasteiger partial charge in [0.1, 0.15) is 5.82 Å². The molecule has 0 aliphatic heterocycles. The average molecular weight is 253 g/mol. The molecule has 3 aromatic rings. The predicted octanol–water partition coefficient (Wildman–Crippen LogP) is 3.47. The fourth-order valence-corrected chi connectivity index (χ4v) is 1.94. The Bertz CT molecular complexity index is 701. The number of nitrogens with zero attached hydrogens (tertiary/aromatic N) is 1. The molecular weight excluding hydrogens is 241 g/mol. The molecule has 0 aliphatic carbocycles. The largest absolute Gasteiger partial charge is 0.399 e. The van der Waals surface area contributed by atoms with Gasteiger partial charge in [0.05, 0.1) is 11.4 Å². The highest BCUT2D eigenvalue weighted by Crippen LogP contribution is 2.24. The number of hydrogen-bond donors (Lipinski definition) is 2. The number of nitrogen functional groups attached to an aromatic ring is 1. The smallest absolute Gasteiger partial charge is 0.123 e. The Morgan fingerprint density at radius 1 is 0.947 bits per heavy atom. The van der Waals surface area contributed by atoms with Crippen LogP contribution in [0.5, 0.6) is 0 Å². The van der Waals surface area contributed by atoms with Gasteiger partial charge < -0.3 is 5.73 Å². The fourth-order valence-electron chi connectivity index (χ4n) is 1.94. The second kappa shape index (κ2) is 4.57. The summed E-state index contributed by atoms with van der Waals surface area (Å²) in [4.78, 5) is 0. The molecule has 1 aromatic heterocycles. The highest BCUT2D eigenvalue weighted by Gasteiger charge is 2.06. The zero-order valence-corrected chi connectivity index (χ0v) is 10.1. The molecular formula is C15H12FN3. The summed E-state index contributed by atoms with van der Waals surface area (Å²) in [6.45, 7) is 0. The van der Waals surface area contributed by atoms with E-state index in [1.54, 1.807) is 12.1 Å². The molecule has 0 unspecified atom stereocenters. The van der Waals surface area contributed by atoms with Gasteiger partial charge in [0.25, 0.3) is 0 Å². The van der Waals surface area contributed by atoms with Crippen LogP contribution in [0, 0.1) is 5.82 Å². The molecule has 94 valence electrons. The first-order valence-electron chi connectivity index (χ1n) is 5.89. The number of nitrogens with one attached hydrogen (secondary N) is 1. The third-order valence-corrected chi connectivity index (χ3v) is 2.92. The zero-order valence-electron chi connectivity index (χ0n) is 10.1. The molecule has 4 heteroatoms. The van der Waals surface area contributed by atoms with E-state index >= 15 is 0 Å². The second-order valence-corrected chi connectivity index (χ2v) is 4.30. The fraction of sp³-hybridized carbons (Fsp3) is 0. The highest BCUT2D eigenvalue weighted by molar-refractivity contribution is 5.70. The maximum Gasteiger partial charge on any atom is 0.123 e. The standard InChI is InChI=1S/C15H12FN3/c16-12-6-4-10(5-7-12)14-9-15(19-18-14)11-2-1-3-13(17)8-11/h1-9H,17H2,(H,18,19). The molecule has 0 fully saturated rings. The van der Waals surface area contributed by atoms with Crippen LogP contribution < -0.4 is 5.73 Å². The Hall–Kier alpha value is -2.62. The summed E-state index contributed by atoms with van der Waals surface area (Å²) < 4.78 is 12.9. The first kappa shape index (κ1) is 11.5. The number of hydrogen-bond acceptors (Lipinski definition) is 2. The molecule has 0 spiro atoms. The van der Waals surface area contributed by atoms with Crippen LogP contribution in [0.1, 0.15) is 0 Å². The van der Waals surface area contributed by atoms with Crippen molar-refractivity contribution in [1.29, 1.82) is 0 Å². The lowest BCUT2D eigenvalue weighted by Gasteiger charge is -1.97. The summed E-state index contributed by atoms with van der Waals surface area (Å²) in [5.41, 5.74) is 9.95. The molecule has 0 bridgehead atoms. The molecule has 2 aromatic carbocycles. The monoisotopic (exact) mass is 253 g/mol. The van der Waals surface area contributed by atoms with Gasteiger partial charge in [-0.15, -0.1) is 0 Å². The Morgan fingerprint density at radius 3 is 2.47 bits per heavy atom. The molecule has 0 saturated carbocycles. The highest BCUT2D eigenvalue weighted by atomic mass is 19.1. The third-order valence-electron chi connectivity index (χ3n) is 2.92. The molecule has 19 heavy (non-hydrogen) atoms. The molecule has 0 saturated heterocycles. The Balaban J connectivity index is 1.97. The van der Waals surface area contributed by atoms with Crippen molar-refractivity contribution in [3.05, 3.63) is 60.4 Å². The molecule has 0 aliphatic rings. The molecule has 0 radical (unpaired) electrons. The van der Waals surface area contributed by atoms with Gasteiger partial charge in [0.15, 0.2) is 0 Å². The Kier molecular flexibility index (Phi) is 2.76. The molecule has 3 nitrogen and oxygen atoms in total. The van der Waals surface area contributed by atoms with Gasteiger partial charge in [-0.2, -0.15) is 5.10 Å². The molecule has 3 rings (SSSR count). The first-order chi connectivity index (χ1) is 9.22. The minimum Gasteiger partial charge on any atom is -0.399 e. The van der Waals surface area contributed by atoms with Crippen molar-refractivity contribution in [2.45, 2.75) is 0 Å². The van der Waals surface area contributed by atoms with Crippen LogP contribution >= 0.6 is 0 Å². The van der Waals surface area contributed by atoms with Gasteiger partial charge in [-0.3, -0.25) is 5.10 Å². The normalized spacial score (nSPS) is 10.6. The third kappa shape index (κ3) is 2.33. The van der Waals surface area contributed by atoms with Crippen LogP contribution in [0.15, 0.2) is 54.6 Å². The summed E-state index contributed by atoms with van der Waals surface area (Å²) in [5.74, 6) is -0.251. The lowest BCUT2D eigenvalue weighted by Crippen LogP contribution is -1.84. The van der Waals surface area contributed by atoms with E-state index in [4.69, 9.17) is 5.73 Å². The van der Waals surface area contributed by atoms with Crippen LogP contribution in [0.3, 0.4) is 0 Å². The minimum absolute atomic E-state index is 0.251. The van der Waals surface area contributed by atoms with Crippen molar-refractivity contribution in [3.63, 3.8) is 0 Å². The zero-order chi connectivity index (χ0) is 13.2. The van der Waals surface area contributed by atoms with Crippen molar-refractivity contribution in [2.24, 2.45) is 0 Å². The minimum atomic E-state index is -0.251.